The number of anilines is 1. The number of benzene rings is 1. The number of sulfone groups is 1. The van der Waals surface area contributed by atoms with Gasteiger partial charge in [0.2, 0.25) is 9.84 Å². The van der Waals surface area contributed by atoms with Crippen molar-refractivity contribution in [2.45, 2.75) is 17.2 Å². The first kappa shape index (κ1) is 15.3. The summed E-state index contributed by atoms with van der Waals surface area (Å²) in [4.78, 5) is 3.74. The number of aromatic nitrogens is 3. The summed E-state index contributed by atoms with van der Waals surface area (Å²) in [5.41, 5.74) is 2.17. The van der Waals surface area contributed by atoms with Crippen LogP contribution >= 0.6 is 0 Å². The van der Waals surface area contributed by atoms with E-state index >= 15 is 0 Å². The predicted molar refractivity (Wildman–Crippen MR) is 79.9 cm³/mol. The fraction of sp³-hybridized carbons (Fsp3) is 0.143. The van der Waals surface area contributed by atoms with Crippen molar-refractivity contribution in [3.63, 3.8) is 0 Å². The summed E-state index contributed by atoms with van der Waals surface area (Å²) in [5, 5.41) is 7.23. The van der Waals surface area contributed by atoms with Crippen LogP contribution < -0.4 is 5.32 Å². The summed E-state index contributed by atoms with van der Waals surface area (Å²) in [7, 11) is -4.57. The summed E-state index contributed by atoms with van der Waals surface area (Å²) >= 11 is 0. The van der Waals surface area contributed by atoms with Crippen LogP contribution in [0.2, 0.25) is 0 Å². The maximum absolute atomic E-state index is 12.5. The van der Waals surface area contributed by atoms with E-state index in [1.807, 2.05) is 0 Å². The van der Waals surface area contributed by atoms with Gasteiger partial charge in [0, 0.05) is 18.0 Å². The molecule has 23 heavy (non-hydrogen) atoms. The van der Waals surface area contributed by atoms with Gasteiger partial charge in [-0.2, -0.15) is 13.9 Å². The fourth-order valence-corrected chi connectivity index (χ4v) is 2.80. The Morgan fingerprint density at radius 1 is 1.09 bits per heavy atom. The summed E-state index contributed by atoms with van der Waals surface area (Å²) < 4.78 is 49.3. The highest BCUT2D eigenvalue weighted by Crippen LogP contribution is 2.20. The van der Waals surface area contributed by atoms with Gasteiger partial charge in [-0.1, -0.05) is 0 Å². The Labute approximate surface area is 130 Å². The third kappa shape index (κ3) is 3.00. The summed E-state index contributed by atoms with van der Waals surface area (Å²) in [5.74, 6) is -3.42. The number of hydrogen-bond acceptors (Lipinski definition) is 5. The lowest BCUT2D eigenvalue weighted by atomic mass is 10.3. The van der Waals surface area contributed by atoms with Crippen LogP contribution in [0.25, 0.3) is 5.65 Å². The molecule has 0 aliphatic rings. The van der Waals surface area contributed by atoms with E-state index in [2.05, 4.69) is 15.4 Å². The second-order valence-electron chi connectivity index (χ2n) is 4.72. The average Bonchev–Trinajstić information content (AvgIpc) is 3.02. The van der Waals surface area contributed by atoms with Crippen LogP contribution in [0.4, 0.5) is 14.5 Å². The van der Waals surface area contributed by atoms with Crippen LogP contribution in [0, 0.1) is 0 Å². The molecule has 0 unspecified atom stereocenters. The molecule has 1 N–H and O–H groups in total. The molecule has 2 aromatic heterocycles. The van der Waals surface area contributed by atoms with Crippen molar-refractivity contribution in [1.82, 2.24) is 14.6 Å². The van der Waals surface area contributed by atoms with E-state index in [9.17, 15) is 17.2 Å². The topological polar surface area (TPSA) is 76.4 Å². The van der Waals surface area contributed by atoms with Gasteiger partial charge in [-0.3, -0.25) is 0 Å². The zero-order chi connectivity index (χ0) is 16.4. The molecular weight excluding hydrogens is 326 g/mol. The lowest BCUT2D eigenvalue weighted by Crippen LogP contribution is -2.11. The number of rotatable bonds is 5. The Hall–Kier alpha value is -2.55. The molecular formula is C14H12F2N4O2S. The van der Waals surface area contributed by atoms with Crippen LogP contribution in [-0.4, -0.2) is 28.8 Å². The number of hydrogen-bond donors (Lipinski definition) is 1. The minimum Gasteiger partial charge on any atom is -0.379 e. The van der Waals surface area contributed by atoms with Crippen LogP contribution in [0.3, 0.4) is 0 Å². The SMILES string of the molecule is O=S(=O)(c1ccc(NCc2ccnc3ccnn23)cc1)C(F)F. The second-order valence-corrected chi connectivity index (χ2v) is 6.64. The zero-order valence-corrected chi connectivity index (χ0v) is 12.5. The van der Waals surface area contributed by atoms with Crippen molar-refractivity contribution >= 4 is 21.2 Å². The maximum atomic E-state index is 12.5. The molecule has 0 atom stereocenters. The number of nitrogens with zero attached hydrogens (tertiary/aromatic N) is 3. The first-order chi connectivity index (χ1) is 11.0. The van der Waals surface area contributed by atoms with Crippen LogP contribution in [0.15, 0.2) is 53.7 Å². The number of halogens is 2. The minimum absolute atomic E-state index is 0.406. The lowest BCUT2D eigenvalue weighted by Gasteiger charge is -2.09. The van der Waals surface area contributed by atoms with E-state index in [1.165, 1.54) is 12.1 Å². The molecule has 2 heterocycles. The summed E-state index contributed by atoms with van der Waals surface area (Å²) in [6.45, 7) is 0.418. The number of nitrogens with one attached hydrogen (secondary N) is 1. The van der Waals surface area contributed by atoms with Gasteiger partial charge in [-0.25, -0.2) is 17.9 Å². The van der Waals surface area contributed by atoms with Crippen molar-refractivity contribution in [1.29, 1.82) is 0 Å². The molecule has 3 rings (SSSR count). The normalized spacial score (nSPS) is 12.0. The number of fused-ring (bicyclic) bond motifs is 1. The highest BCUT2D eigenvalue weighted by molar-refractivity contribution is 7.91. The molecule has 0 bridgehead atoms. The molecule has 0 saturated carbocycles. The Morgan fingerprint density at radius 3 is 2.52 bits per heavy atom. The standard InChI is InChI=1S/C14H12F2N4O2S/c15-14(16)23(21,22)12-3-1-10(2-4-12)18-9-11-5-7-17-13-6-8-19-20(11)13/h1-8,14,18H,9H2. The molecule has 0 aliphatic carbocycles. The molecule has 0 fully saturated rings. The fourth-order valence-electron chi connectivity index (χ4n) is 2.08. The van der Waals surface area contributed by atoms with E-state index in [-0.39, 0.29) is 0 Å². The summed E-state index contributed by atoms with van der Waals surface area (Å²) in [6.07, 6.45) is 3.29. The first-order valence-corrected chi connectivity index (χ1v) is 8.17. The van der Waals surface area contributed by atoms with Gasteiger partial charge in [0.05, 0.1) is 23.3 Å². The molecule has 1 aromatic carbocycles. The average molecular weight is 338 g/mol. The molecule has 3 aromatic rings. The highest BCUT2D eigenvalue weighted by atomic mass is 32.2. The minimum atomic E-state index is -4.57. The predicted octanol–water partition coefficient (Wildman–Crippen LogP) is 2.34. The van der Waals surface area contributed by atoms with Gasteiger partial charge in [-0.15, -0.1) is 0 Å². The highest BCUT2D eigenvalue weighted by Gasteiger charge is 2.26. The third-order valence-electron chi connectivity index (χ3n) is 3.26. The third-order valence-corrected chi connectivity index (χ3v) is 4.66. The monoisotopic (exact) mass is 338 g/mol. The summed E-state index contributed by atoms with van der Waals surface area (Å²) in [6, 6.07) is 8.75. The van der Waals surface area contributed by atoms with Crippen molar-refractivity contribution in [2.24, 2.45) is 0 Å². The molecule has 0 saturated heterocycles. The van der Waals surface area contributed by atoms with Crippen LogP contribution in [0.5, 0.6) is 0 Å². The second kappa shape index (κ2) is 5.92. The van der Waals surface area contributed by atoms with E-state index in [4.69, 9.17) is 0 Å². The Bertz CT molecular complexity index is 923. The molecule has 0 spiro atoms. The van der Waals surface area contributed by atoms with Gasteiger partial charge >= 0.3 is 5.76 Å². The smallest absolute Gasteiger partial charge is 0.341 e. The van der Waals surface area contributed by atoms with E-state index in [0.29, 0.717) is 17.9 Å². The van der Waals surface area contributed by atoms with Crippen LogP contribution in [0.1, 0.15) is 5.69 Å². The zero-order valence-electron chi connectivity index (χ0n) is 11.7. The molecule has 120 valence electrons. The van der Waals surface area contributed by atoms with E-state index < -0.39 is 20.5 Å². The van der Waals surface area contributed by atoms with Gasteiger partial charge in [-0.05, 0) is 30.3 Å². The first-order valence-electron chi connectivity index (χ1n) is 6.62. The molecule has 0 aliphatic heterocycles. The van der Waals surface area contributed by atoms with E-state index in [0.717, 1.165) is 17.8 Å². The lowest BCUT2D eigenvalue weighted by molar-refractivity contribution is 0.234. The quantitative estimate of drug-likeness (QED) is 0.773. The number of alkyl halides is 2. The van der Waals surface area contributed by atoms with Crippen molar-refractivity contribution in [3.8, 4) is 0 Å². The van der Waals surface area contributed by atoms with Gasteiger partial charge in [0.15, 0.2) is 5.65 Å². The van der Waals surface area contributed by atoms with Crippen molar-refractivity contribution in [3.05, 3.63) is 54.5 Å². The maximum Gasteiger partial charge on any atom is 0.341 e. The Morgan fingerprint density at radius 2 is 1.83 bits per heavy atom. The van der Waals surface area contributed by atoms with Gasteiger partial charge in [0.1, 0.15) is 0 Å². The molecule has 6 nitrogen and oxygen atoms in total. The Kier molecular flexibility index (Phi) is 3.95. The van der Waals surface area contributed by atoms with Gasteiger partial charge in [0.25, 0.3) is 0 Å². The van der Waals surface area contributed by atoms with Crippen LogP contribution in [-0.2, 0) is 16.4 Å². The Balaban J connectivity index is 1.76. The van der Waals surface area contributed by atoms with Gasteiger partial charge < -0.3 is 5.32 Å². The molecule has 0 radical (unpaired) electrons. The largest absolute Gasteiger partial charge is 0.379 e. The van der Waals surface area contributed by atoms with Crippen molar-refractivity contribution < 1.29 is 17.2 Å². The molecule has 9 heteroatoms. The van der Waals surface area contributed by atoms with E-state index in [1.54, 1.807) is 29.0 Å². The molecule has 0 amide bonds. The van der Waals surface area contributed by atoms with Crippen molar-refractivity contribution in [2.75, 3.05) is 5.32 Å².